The number of unbranched alkanes of at least 4 members (excludes halogenated alkanes) is 1. The van der Waals surface area contributed by atoms with Crippen LogP contribution in [0.2, 0.25) is 0 Å². The molecule has 5 unspecified atom stereocenters. The molecular weight excluding hydrogens is 414 g/mol. The van der Waals surface area contributed by atoms with E-state index in [0.717, 1.165) is 0 Å². The smallest absolute Gasteiger partial charge is 0.326 e. The quantitative estimate of drug-likeness (QED) is 0.103. The van der Waals surface area contributed by atoms with Crippen molar-refractivity contribution in [2.45, 2.75) is 63.7 Å². The van der Waals surface area contributed by atoms with Crippen LogP contribution in [0.4, 0.5) is 0 Å². The molecule has 9 N–H and O–H groups in total. The first-order valence-electron chi connectivity index (χ1n) is 9.94. The lowest BCUT2D eigenvalue weighted by molar-refractivity contribution is -0.143. The fourth-order valence-corrected chi connectivity index (χ4v) is 2.78. The van der Waals surface area contributed by atoms with Crippen LogP contribution in [0, 0.1) is 5.92 Å². The number of hydrogen-bond donors (Lipinski definition) is 8. The summed E-state index contributed by atoms with van der Waals surface area (Å²) in [4.78, 5) is 48.6. The molecule has 0 spiro atoms. The summed E-state index contributed by atoms with van der Waals surface area (Å²) in [5.41, 5.74) is 10.9. The van der Waals surface area contributed by atoms with Gasteiger partial charge in [-0.1, -0.05) is 20.3 Å². The molecule has 0 saturated carbocycles. The predicted molar refractivity (Wildman–Crippen MR) is 115 cm³/mol. The minimum absolute atomic E-state index is 0.0719. The van der Waals surface area contributed by atoms with Crippen molar-refractivity contribution < 1.29 is 29.4 Å². The third-order valence-electron chi connectivity index (χ3n) is 4.71. The number of carboxylic acid groups (broad SMARTS) is 1. The highest BCUT2D eigenvalue weighted by atomic mass is 32.1. The number of carbonyl (C=O) groups excluding carboxylic acids is 3. The average molecular weight is 450 g/mol. The lowest BCUT2D eigenvalue weighted by atomic mass is 9.98. The van der Waals surface area contributed by atoms with E-state index < -0.39 is 54.5 Å². The van der Waals surface area contributed by atoms with Crippen LogP contribution in [0.15, 0.2) is 0 Å². The maximum atomic E-state index is 12.7. The van der Waals surface area contributed by atoms with Gasteiger partial charge in [-0.15, -0.1) is 0 Å². The molecule has 11 nitrogen and oxygen atoms in total. The Labute approximate surface area is 182 Å². The average Bonchev–Trinajstić information content (AvgIpc) is 2.73. The molecule has 0 radical (unpaired) electrons. The van der Waals surface area contributed by atoms with E-state index in [1.807, 2.05) is 6.92 Å². The van der Waals surface area contributed by atoms with Crippen molar-refractivity contribution in [3.05, 3.63) is 0 Å². The van der Waals surface area contributed by atoms with Crippen LogP contribution >= 0.6 is 12.6 Å². The Balaban J connectivity index is 5.29. The molecule has 30 heavy (non-hydrogen) atoms. The van der Waals surface area contributed by atoms with Crippen molar-refractivity contribution in [3.63, 3.8) is 0 Å². The lowest BCUT2D eigenvalue weighted by Crippen LogP contribution is -2.58. The van der Waals surface area contributed by atoms with Crippen molar-refractivity contribution in [1.82, 2.24) is 16.0 Å². The lowest BCUT2D eigenvalue weighted by Gasteiger charge is -2.26. The Hall–Kier alpha value is -1.89. The van der Waals surface area contributed by atoms with Gasteiger partial charge in [-0.25, -0.2) is 4.79 Å². The second kappa shape index (κ2) is 15.0. The van der Waals surface area contributed by atoms with E-state index in [0.29, 0.717) is 25.8 Å². The van der Waals surface area contributed by atoms with Crippen LogP contribution < -0.4 is 27.4 Å². The molecule has 0 rings (SSSR count). The van der Waals surface area contributed by atoms with E-state index in [-0.39, 0.29) is 18.1 Å². The van der Waals surface area contributed by atoms with Crippen LogP contribution in [0.5, 0.6) is 0 Å². The van der Waals surface area contributed by atoms with Crippen LogP contribution in [-0.2, 0) is 19.2 Å². The van der Waals surface area contributed by atoms with E-state index in [1.165, 1.54) is 0 Å². The van der Waals surface area contributed by atoms with Gasteiger partial charge in [0.1, 0.15) is 24.2 Å². The van der Waals surface area contributed by atoms with E-state index in [2.05, 4.69) is 28.6 Å². The third-order valence-corrected chi connectivity index (χ3v) is 5.07. The van der Waals surface area contributed by atoms with Crippen molar-refractivity contribution in [1.29, 1.82) is 0 Å². The van der Waals surface area contributed by atoms with Gasteiger partial charge in [0.05, 0.1) is 6.61 Å². The van der Waals surface area contributed by atoms with E-state index in [4.69, 9.17) is 16.6 Å². The number of aliphatic carboxylic acids is 1. The van der Waals surface area contributed by atoms with E-state index in [1.54, 1.807) is 6.92 Å². The van der Waals surface area contributed by atoms with Crippen LogP contribution in [0.3, 0.4) is 0 Å². The van der Waals surface area contributed by atoms with E-state index in [9.17, 15) is 24.3 Å². The number of thiol groups is 1. The highest BCUT2D eigenvalue weighted by Crippen LogP contribution is 2.10. The van der Waals surface area contributed by atoms with Crippen molar-refractivity contribution in [2.24, 2.45) is 17.4 Å². The SMILES string of the molecule is CCC(C)C(NC(=O)C(CCCCN)NC(=O)C(CS)NC(=O)C(N)CO)C(=O)O. The molecule has 0 heterocycles. The molecule has 174 valence electrons. The van der Waals surface area contributed by atoms with Crippen molar-refractivity contribution in [2.75, 3.05) is 18.9 Å². The molecule has 0 aliphatic heterocycles. The minimum atomic E-state index is -1.20. The zero-order chi connectivity index (χ0) is 23.3. The summed E-state index contributed by atoms with van der Waals surface area (Å²) >= 11 is 4.04. The van der Waals surface area contributed by atoms with Gasteiger partial charge in [0, 0.05) is 5.75 Å². The zero-order valence-corrected chi connectivity index (χ0v) is 18.4. The highest BCUT2D eigenvalue weighted by molar-refractivity contribution is 7.80. The van der Waals surface area contributed by atoms with Crippen molar-refractivity contribution in [3.8, 4) is 0 Å². The van der Waals surface area contributed by atoms with Gasteiger partial charge in [0.2, 0.25) is 17.7 Å². The predicted octanol–water partition coefficient (Wildman–Crippen LogP) is -2.05. The number of aliphatic hydroxyl groups excluding tert-OH is 1. The molecule has 0 aromatic rings. The Morgan fingerprint density at radius 3 is 2.03 bits per heavy atom. The molecule has 0 aromatic heterocycles. The Bertz CT molecular complexity index is 579. The van der Waals surface area contributed by atoms with Gasteiger partial charge in [0.15, 0.2) is 0 Å². The molecule has 0 aromatic carbocycles. The number of nitrogens with two attached hydrogens (primary N) is 2. The number of amides is 3. The first-order valence-corrected chi connectivity index (χ1v) is 10.6. The van der Waals surface area contributed by atoms with Gasteiger partial charge in [0.25, 0.3) is 0 Å². The Morgan fingerprint density at radius 1 is 1.00 bits per heavy atom. The first kappa shape index (κ1) is 28.1. The maximum Gasteiger partial charge on any atom is 0.326 e. The summed E-state index contributed by atoms with van der Waals surface area (Å²) in [5, 5.41) is 25.7. The molecule has 12 heteroatoms. The molecule has 3 amide bonds. The fraction of sp³-hybridized carbons (Fsp3) is 0.778. The second-order valence-electron chi connectivity index (χ2n) is 7.09. The van der Waals surface area contributed by atoms with E-state index >= 15 is 0 Å². The van der Waals surface area contributed by atoms with Gasteiger partial charge in [-0.3, -0.25) is 14.4 Å². The van der Waals surface area contributed by atoms with Crippen LogP contribution in [-0.4, -0.2) is 77.0 Å². The highest BCUT2D eigenvalue weighted by Gasteiger charge is 2.31. The second-order valence-corrected chi connectivity index (χ2v) is 7.45. The maximum absolute atomic E-state index is 12.7. The molecule has 0 saturated heterocycles. The molecule has 0 aliphatic rings. The summed E-state index contributed by atoms with van der Waals surface area (Å²) < 4.78 is 0. The summed E-state index contributed by atoms with van der Waals surface area (Å²) in [5.74, 6) is -3.59. The summed E-state index contributed by atoms with van der Waals surface area (Å²) in [6.45, 7) is 3.33. The molecule has 0 fully saturated rings. The number of aliphatic hydroxyl groups is 1. The Kier molecular flexibility index (Phi) is 14.0. The standard InChI is InChI=1S/C18H35N5O6S/c1-3-10(2)14(18(28)29)23-16(26)12(6-4-5-7-19)21-17(27)13(9-30)22-15(25)11(20)8-24/h10-14,24,30H,3-9,19-20H2,1-2H3,(H,21,27)(H,22,25)(H,23,26)(H,28,29). The number of carbonyl (C=O) groups is 4. The van der Waals surface area contributed by atoms with Crippen molar-refractivity contribution >= 4 is 36.3 Å². The number of carboxylic acids is 1. The van der Waals surface area contributed by atoms with Crippen LogP contribution in [0.1, 0.15) is 39.5 Å². The summed E-state index contributed by atoms with van der Waals surface area (Å²) in [7, 11) is 0. The molecular formula is C18H35N5O6S. The molecule has 5 atom stereocenters. The zero-order valence-electron chi connectivity index (χ0n) is 17.5. The van der Waals surface area contributed by atoms with Gasteiger partial charge in [-0.05, 0) is 31.7 Å². The number of hydrogen-bond acceptors (Lipinski definition) is 8. The van der Waals surface area contributed by atoms with Gasteiger partial charge >= 0.3 is 5.97 Å². The van der Waals surface area contributed by atoms with Gasteiger partial charge < -0.3 is 37.6 Å². The molecule has 0 bridgehead atoms. The minimum Gasteiger partial charge on any atom is -0.480 e. The normalized spacial score (nSPS) is 15.9. The summed E-state index contributed by atoms with van der Waals surface area (Å²) in [6, 6.07) is -4.40. The Morgan fingerprint density at radius 2 is 1.57 bits per heavy atom. The fourth-order valence-electron chi connectivity index (χ4n) is 2.53. The number of rotatable bonds is 15. The molecule has 0 aliphatic carbocycles. The van der Waals surface area contributed by atoms with Crippen LogP contribution in [0.25, 0.3) is 0 Å². The summed E-state index contributed by atoms with van der Waals surface area (Å²) in [6.07, 6.45) is 1.93. The topological polar surface area (TPSA) is 197 Å². The monoisotopic (exact) mass is 449 g/mol. The largest absolute Gasteiger partial charge is 0.480 e. The first-order chi connectivity index (χ1) is 14.1. The van der Waals surface area contributed by atoms with Gasteiger partial charge in [-0.2, -0.15) is 12.6 Å². The third kappa shape index (κ3) is 9.74. The number of nitrogens with one attached hydrogen (secondary N) is 3.